The van der Waals surface area contributed by atoms with Crippen LogP contribution < -0.4 is 0 Å². The lowest BCUT2D eigenvalue weighted by molar-refractivity contribution is -0.121. The fourth-order valence-corrected chi connectivity index (χ4v) is 2.84. The fraction of sp³-hybridized carbons (Fsp3) is 0.583. The summed E-state index contributed by atoms with van der Waals surface area (Å²) >= 11 is 1.50. The number of aromatic nitrogens is 2. The van der Waals surface area contributed by atoms with Gasteiger partial charge in [0.15, 0.2) is 0 Å². The molecule has 16 heavy (non-hydrogen) atoms. The predicted molar refractivity (Wildman–Crippen MR) is 64.3 cm³/mol. The Bertz CT molecular complexity index is 336. The van der Waals surface area contributed by atoms with Gasteiger partial charge in [0, 0.05) is 18.3 Å². The van der Waals surface area contributed by atoms with E-state index in [1.807, 2.05) is 0 Å². The number of nitrogens with zero attached hydrogens (tertiary/aromatic N) is 2. The van der Waals surface area contributed by atoms with Crippen LogP contribution in [-0.2, 0) is 4.79 Å². The van der Waals surface area contributed by atoms with Gasteiger partial charge in [-0.2, -0.15) is 0 Å². The van der Waals surface area contributed by atoms with E-state index in [1.54, 1.807) is 18.6 Å². The third kappa shape index (κ3) is 3.30. The van der Waals surface area contributed by atoms with E-state index >= 15 is 0 Å². The average molecular weight is 236 g/mol. The Morgan fingerprint density at radius 2 is 2.12 bits per heavy atom. The van der Waals surface area contributed by atoms with Crippen LogP contribution in [0.2, 0.25) is 0 Å². The van der Waals surface area contributed by atoms with Crippen LogP contribution in [0.4, 0.5) is 0 Å². The zero-order valence-electron chi connectivity index (χ0n) is 9.26. The lowest BCUT2D eigenvalue weighted by Crippen LogP contribution is -2.19. The number of Topliss-reactive ketones (excluding diaryl/α,β-unsaturated/α-hetero) is 1. The zero-order valence-corrected chi connectivity index (χ0v) is 10.1. The molecule has 0 saturated heterocycles. The van der Waals surface area contributed by atoms with Crippen molar-refractivity contribution >= 4 is 17.5 Å². The Hall–Kier alpha value is -0.900. The number of ketones is 1. The first-order chi connectivity index (χ1) is 7.86. The molecular formula is C12H16N2OS. The van der Waals surface area contributed by atoms with E-state index in [4.69, 9.17) is 0 Å². The van der Waals surface area contributed by atoms with Gasteiger partial charge in [0.2, 0.25) is 0 Å². The average Bonchev–Trinajstić information content (AvgIpc) is 2.38. The molecule has 4 heteroatoms. The van der Waals surface area contributed by atoms with Crippen molar-refractivity contribution < 1.29 is 4.79 Å². The maximum absolute atomic E-state index is 11.9. The molecule has 1 saturated carbocycles. The largest absolute Gasteiger partial charge is 0.298 e. The Balaban J connectivity index is 1.79. The molecule has 1 aliphatic carbocycles. The molecule has 1 aromatic heterocycles. The van der Waals surface area contributed by atoms with E-state index in [0.717, 1.165) is 17.9 Å². The summed E-state index contributed by atoms with van der Waals surface area (Å²) in [4.78, 5) is 20.0. The lowest BCUT2D eigenvalue weighted by Gasteiger charge is -2.19. The molecule has 1 heterocycles. The number of thioether (sulfide) groups is 1. The summed E-state index contributed by atoms with van der Waals surface area (Å²) in [5.41, 5.74) is 0. The molecule has 1 aromatic rings. The van der Waals surface area contributed by atoms with Crippen LogP contribution in [0.3, 0.4) is 0 Å². The molecule has 0 bridgehead atoms. The molecule has 0 N–H and O–H groups in total. The standard InChI is InChI=1S/C12H16N2OS/c15-11(10-4-2-1-3-5-10)9-16-12-8-13-6-7-14-12/h6-8,10H,1-5,9H2. The minimum Gasteiger partial charge on any atom is -0.298 e. The molecule has 2 rings (SSSR count). The summed E-state index contributed by atoms with van der Waals surface area (Å²) < 4.78 is 0. The molecule has 0 aromatic carbocycles. The van der Waals surface area contributed by atoms with Gasteiger partial charge in [-0.25, -0.2) is 4.98 Å². The van der Waals surface area contributed by atoms with E-state index in [-0.39, 0.29) is 0 Å². The van der Waals surface area contributed by atoms with Crippen molar-refractivity contribution in [1.82, 2.24) is 9.97 Å². The Labute approximate surface area is 100 Å². The minimum atomic E-state index is 0.304. The summed E-state index contributed by atoms with van der Waals surface area (Å²) in [5.74, 6) is 1.23. The van der Waals surface area contributed by atoms with Crippen LogP contribution in [0.5, 0.6) is 0 Å². The number of carbonyl (C=O) groups is 1. The van der Waals surface area contributed by atoms with Crippen molar-refractivity contribution in [2.75, 3.05) is 5.75 Å². The summed E-state index contributed by atoms with van der Waals surface area (Å²) in [6.45, 7) is 0. The number of hydrogen-bond acceptors (Lipinski definition) is 4. The van der Waals surface area contributed by atoms with E-state index < -0.39 is 0 Å². The highest BCUT2D eigenvalue weighted by molar-refractivity contribution is 7.99. The lowest BCUT2D eigenvalue weighted by atomic mass is 9.87. The Morgan fingerprint density at radius 1 is 1.31 bits per heavy atom. The number of carbonyl (C=O) groups excluding carboxylic acids is 1. The molecule has 0 amide bonds. The molecule has 0 spiro atoms. The summed E-state index contributed by atoms with van der Waals surface area (Å²) in [6.07, 6.45) is 10.9. The van der Waals surface area contributed by atoms with Gasteiger partial charge in [-0.3, -0.25) is 9.78 Å². The van der Waals surface area contributed by atoms with Crippen LogP contribution in [0.1, 0.15) is 32.1 Å². The molecule has 0 aliphatic heterocycles. The second-order valence-corrected chi connectivity index (χ2v) is 5.13. The molecule has 0 atom stereocenters. The third-order valence-corrected chi connectivity index (χ3v) is 3.90. The van der Waals surface area contributed by atoms with Crippen LogP contribution >= 0.6 is 11.8 Å². The number of hydrogen-bond donors (Lipinski definition) is 0. The number of rotatable bonds is 4. The van der Waals surface area contributed by atoms with Crippen molar-refractivity contribution in [3.05, 3.63) is 18.6 Å². The highest BCUT2D eigenvalue weighted by atomic mass is 32.2. The fourth-order valence-electron chi connectivity index (χ4n) is 2.05. The van der Waals surface area contributed by atoms with Crippen LogP contribution in [-0.4, -0.2) is 21.5 Å². The van der Waals surface area contributed by atoms with Crippen LogP contribution in [0, 0.1) is 5.92 Å². The van der Waals surface area contributed by atoms with Gasteiger partial charge in [-0.15, -0.1) is 0 Å². The first-order valence-corrected chi connectivity index (χ1v) is 6.76. The SMILES string of the molecule is O=C(CSc1cnccn1)C1CCCCC1. The maximum Gasteiger partial charge on any atom is 0.146 e. The molecule has 0 unspecified atom stereocenters. The second-order valence-electron chi connectivity index (χ2n) is 4.13. The summed E-state index contributed by atoms with van der Waals surface area (Å²) in [5, 5.41) is 0.839. The van der Waals surface area contributed by atoms with E-state index in [0.29, 0.717) is 17.5 Å². The first kappa shape index (κ1) is 11.6. The Kier molecular flexibility index (Phi) is 4.34. The van der Waals surface area contributed by atoms with Crippen LogP contribution in [0.25, 0.3) is 0 Å². The van der Waals surface area contributed by atoms with Gasteiger partial charge < -0.3 is 0 Å². The zero-order chi connectivity index (χ0) is 11.2. The molecular weight excluding hydrogens is 220 g/mol. The molecule has 86 valence electrons. The van der Waals surface area contributed by atoms with Crippen molar-refractivity contribution in [2.24, 2.45) is 5.92 Å². The topological polar surface area (TPSA) is 42.9 Å². The normalized spacial score (nSPS) is 17.2. The molecule has 1 fully saturated rings. The van der Waals surface area contributed by atoms with Crippen molar-refractivity contribution in [3.63, 3.8) is 0 Å². The van der Waals surface area contributed by atoms with E-state index in [1.165, 1.54) is 31.0 Å². The maximum atomic E-state index is 11.9. The van der Waals surface area contributed by atoms with Gasteiger partial charge in [-0.1, -0.05) is 31.0 Å². The quantitative estimate of drug-likeness (QED) is 0.754. The summed E-state index contributed by atoms with van der Waals surface area (Å²) in [7, 11) is 0. The molecule has 1 aliphatic rings. The summed E-state index contributed by atoms with van der Waals surface area (Å²) in [6, 6.07) is 0. The monoisotopic (exact) mass is 236 g/mol. The van der Waals surface area contributed by atoms with E-state index in [9.17, 15) is 4.79 Å². The van der Waals surface area contributed by atoms with Gasteiger partial charge in [-0.05, 0) is 12.8 Å². The third-order valence-electron chi connectivity index (χ3n) is 2.96. The smallest absolute Gasteiger partial charge is 0.146 e. The van der Waals surface area contributed by atoms with Crippen LogP contribution in [0.15, 0.2) is 23.6 Å². The van der Waals surface area contributed by atoms with E-state index in [2.05, 4.69) is 9.97 Å². The van der Waals surface area contributed by atoms with Crippen molar-refractivity contribution in [3.8, 4) is 0 Å². The first-order valence-electron chi connectivity index (χ1n) is 5.78. The van der Waals surface area contributed by atoms with Gasteiger partial charge in [0.1, 0.15) is 10.8 Å². The highest BCUT2D eigenvalue weighted by Gasteiger charge is 2.20. The van der Waals surface area contributed by atoms with Gasteiger partial charge in [0.05, 0.1) is 11.9 Å². The molecule has 0 radical (unpaired) electrons. The predicted octanol–water partition coefficient (Wildman–Crippen LogP) is 2.72. The van der Waals surface area contributed by atoms with Crippen molar-refractivity contribution in [1.29, 1.82) is 0 Å². The minimum absolute atomic E-state index is 0.304. The van der Waals surface area contributed by atoms with Crippen molar-refractivity contribution in [2.45, 2.75) is 37.1 Å². The highest BCUT2D eigenvalue weighted by Crippen LogP contribution is 2.26. The second kappa shape index (κ2) is 5.99. The molecule has 3 nitrogen and oxygen atoms in total. The van der Waals surface area contributed by atoms with Gasteiger partial charge in [0.25, 0.3) is 0 Å². The van der Waals surface area contributed by atoms with Gasteiger partial charge >= 0.3 is 0 Å². The Morgan fingerprint density at radius 3 is 2.81 bits per heavy atom.